The summed E-state index contributed by atoms with van der Waals surface area (Å²) in [6, 6.07) is -0.324. The second kappa shape index (κ2) is 6.44. The van der Waals surface area contributed by atoms with Gasteiger partial charge in [-0.2, -0.15) is 0 Å². The molecule has 0 aromatic carbocycles. The molecule has 1 heterocycles. The molecule has 1 rings (SSSR count). The van der Waals surface area contributed by atoms with E-state index in [2.05, 4.69) is 5.32 Å². The van der Waals surface area contributed by atoms with Crippen molar-refractivity contribution in [1.82, 2.24) is 10.2 Å². The van der Waals surface area contributed by atoms with Crippen molar-refractivity contribution in [3.8, 4) is 0 Å². The Balaban J connectivity index is 2.51. The first-order valence-corrected chi connectivity index (χ1v) is 5.38. The van der Waals surface area contributed by atoms with Gasteiger partial charge in [0.2, 0.25) is 5.91 Å². The molecular formula is C10H18N2O4. The van der Waals surface area contributed by atoms with Crippen LogP contribution < -0.4 is 5.32 Å². The first kappa shape index (κ1) is 12.9. The van der Waals surface area contributed by atoms with Gasteiger partial charge in [0, 0.05) is 19.5 Å². The zero-order valence-corrected chi connectivity index (χ0v) is 9.44. The number of aliphatic carboxylic acids is 1. The van der Waals surface area contributed by atoms with Gasteiger partial charge in [-0.25, -0.2) is 0 Å². The lowest BCUT2D eigenvalue weighted by atomic mass is 10.1. The fourth-order valence-corrected chi connectivity index (χ4v) is 1.73. The first-order valence-electron chi connectivity index (χ1n) is 5.38. The number of nitrogens with one attached hydrogen (secondary N) is 1. The van der Waals surface area contributed by atoms with Crippen molar-refractivity contribution >= 4 is 11.9 Å². The minimum atomic E-state index is -0.901. The van der Waals surface area contributed by atoms with E-state index < -0.39 is 5.97 Å². The Labute approximate surface area is 94.6 Å². The maximum Gasteiger partial charge on any atom is 0.305 e. The summed E-state index contributed by atoms with van der Waals surface area (Å²) in [5.74, 6) is -0.911. The van der Waals surface area contributed by atoms with Crippen molar-refractivity contribution in [3.05, 3.63) is 0 Å². The molecule has 6 nitrogen and oxygen atoms in total. The molecule has 0 aromatic rings. The van der Waals surface area contributed by atoms with E-state index >= 15 is 0 Å². The number of hydrogen-bond donors (Lipinski definition) is 2. The number of carbonyl (C=O) groups excluding carboxylic acids is 1. The molecule has 0 bridgehead atoms. The molecule has 1 atom stereocenters. The normalized spacial score (nSPS) is 20.8. The number of amides is 1. The van der Waals surface area contributed by atoms with Gasteiger partial charge in [0.1, 0.15) is 0 Å². The van der Waals surface area contributed by atoms with Crippen LogP contribution in [-0.4, -0.2) is 61.3 Å². The van der Waals surface area contributed by atoms with Gasteiger partial charge in [0.05, 0.1) is 25.7 Å². The molecular weight excluding hydrogens is 212 g/mol. The van der Waals surface area contributed by atoms with Gasteiger partial charge in [-0.15, -0.1) is 0 Å². The van der Waals surface area contributed by atoms with Crippen LogP contribution in [0, 0.1) is 0 Å². The lowest BCUT2D eigenvalue weighted by molar-refractivity contribution is -0.146. The summed E-state index contributed by atoms with van der Waals surface area (Å²) in [6.07, 6.45) is 0.345. The number of carboxylic acid groups (broad SMARTS) is 1. The minimum absolute atomic E-state index is 0.0103. The molecule has 6 heteroatoms. The molecule has 92 valence electrons. The highest BCUT2D eigenvalue weighted by molar-refractivity contribution is 5.78. The van der Waals surface area contributed by atoms with Crippen LogP contribution in [0.1, 0.15) is 12.8 Å². The summed E-state index contributed by atoms with van der Waals surface area (Å²) < 4.78 is 5.20. The first-order chi connectivity index (χ1) is 7.65. The van der Waals surface area contributed by atoms with Gasteiger partial charge in [-0.05, 0) is 7.05 Å². The predicted molar refractivity (Wildman–Crippen MR) is 57.1 cm³/mol. The summed E-state index contributed by atoms with van der Waals surface area (Å²) in [5, 5.41) is 11.6. The molecule has 0 spiro atoms. The predicted octanol–water partition coefficient (Wildman–Crippen LogP) is -0.702. The number of morpholine rings is 1. The summed E-state index contributed by atoms with van der Waals surface area (Å²) in [7, 11) is 1.78. The van der Waals surface area contributed by atoms with E-state index in [4.69, 9.17) is 9.84 Å². The molecule has 0 saturated carbocycles. The molecule has 1 unspecified atom stereocenters. The van der Waals surface area contributed by atoms with E-state index in [1.54, 1.807) is 11.9 Å². The molecule has 0 radical (unpaired) electrons. The Bertz CT molecular complexity index is 257. The number of nitrogens with zero attached hydrogens (tertiary/aromatic N) is 1. The van der Waals surface area contributed by atoms with Crippen LogP contribution in [0.2, 0.25) is 0 Å². The van der Waals surface area contributed by atoms with Crippen molar-refractivity contribution in [1.29, 1.82) is 0 Å². The molecule has 1 aliphatic rings. The van der Waals surface area contributed by atoms with E-state index in [9.17, 15) is 9.59 Å². The Kier molecular flexibility index (Phi) is 5.21. The standard InChI is InChI=1S/C10H18N2O4/c1-11-3-2-9(13)12-4-5-16-7-8(12)6-10(14)15/h8,11H,2-7H2,1H3,(H,14,15). The number of hydrogen-bond acceptors (Lipinski definition) is 4. The van der Waals surface area contributed by atoms with Gasteiger partial charge < -0.3 is 20.1 Å². The third-order valence-electron chi connectivity index (χ3n) is 2.55. The van der Waals surface area contributed by atoms with Gasteiger partial charge in [-0.1, -0.05) is 0 Å². The monoisotopic (exact) mass is 230 g/mol. The average molecular weight is 230 g/mol. The molecule has 1 fully saturated rings. The van der Waals surface area contributed by atoms with Crippen molar-refractivity contribution in [2.45, 2.75) is 18.9 Å². The third kappa shape index (κ3) is 3.79. The quantitative estimate of drug-likeness (QED) is 0.653. The van der Waals surface area contributed by atoms with E-state index in [1.165, 1.54) is 0 Å². The van der Waals surface area contributed by atoms with Crippen LogP contribution in [0.5, 0.6) is 0 Å². The Hall–Kier alpha value is -1.14. The fourth-order valence-electron chi connectivity index (χ4n) is 1.73. The average Bonchev–Trinajstić information content (AvgIpc) is 2.26. The summed E-state index contributed by atoms with van der Waals surface area (Å²) in [6.45, 7) is 1.90. The zero-order valence-electron chi connectivity index (χ0n) is 9.44. The number of carboxylic acids is 1. The second-order valence-corrected chi connectivity index (χ2v) is 3.77. The second-order valence-electron chi connectivity index (χ2n) is 3.77. The van der Waals surface area contributed by atoms with Crippen LogP contribution >= 0.6 is 0 Å². The van der Waals surface area contributed by atoms with Crippen molar-refractivity contribution in [2.24, 2.45) is 0 Å². The molecule has 0 aromatic heterocycles. The molecule has 1 amide bonds. The van der Waals surface area contributed by atoms with Crippen molar-refractivity contribution in [2.75, 3.05) is 33.4 Å². The van der Waals surface area contributed by atoms with E-state index in [1.807, 2.05) is 0 Å². The van der Waals surface area contributed by atoms with Crippen molar-refractivity contribution < 1.29 is 19.4 Å². The molecule has 1 saturated heterocycles. The molecule has 1 aliphatic heterocycles. The maximum absolute atomic E-state index is 11.8. The summed E-state index contributed by atoms with van der Waals surface area (Å²) >= 11 is 0. The van der Waals surface area contributed by atoms with Gasteiger partial charge in [0.15, 0.2) is 0 Å². The smallest absolute Gasteiger partial charge is 0.305 e. The fraction of sp³-hybridized carbons (Fsp3) is 0.800. The van der Waals surface area contributed by atoms with Crippen molar-refractivity contribution in [3.63, 3.8) is 0 Å². The Morgan fingerprint density at radius 3 is 2.94 bits per heavy atom. The molecule has 0 aliphatic carbocycles. The van der Waals surface area contributed by atoms with Crippen LogP contribution in [0.3, 0.4) is 0 Å². The highest BCUT2D eigenvalue weighted by Crippen LogP contribution is 2.11. The Morgan fingerprint density at radius 2 is 2.31 bits per heavy atom. The largest absolute Gasteiger partial charge is 0.481 e. The lowest BCUT2D eigenvalue weighted by Crippen LogP contribution is -2.50. The number of ether oxygens (including phenoxy) is 1. The third-order valence-corrected chi connectivity index (χ3v) is 2.55. The molecule has 16 heavy (non-hydrogen) atoms. The SMILES string of the molecule is CNCCC(=O)N1CCOCC1CC(=O)O. The molecule has 2 N–H and O–H groups in total. The van der Waals surface area contributed by atoms with Crippen LogP contribution in [0.25, 0.3) is 0 Å². The highest BCUT2D eigenvalue weighted by atomic mass is 16.5. The number of rotatable bonds is 5. The van der Waals surface area contributed by atoms with E-state index in [0.29, 0.717) is 32.7 Å². The Morgan fingerprint density at radius 1 is 1.56 bits per heavy atom. The summed E-state index contributed by atoms with van der Waals surface area (Å²) in [4.78, 5) is 24.1. The number of carbonyl (C=O) groups is 2. The minimum Gasteiger partial charge on any atom is -0.481 e. The summed E-state index contributed by atoms with van der Waals surface area (Å²) in [5.41, 5.74) is 0. The van der Waals surface area contributed by atoms with Gasteiger partial charge in [0.25, 0.3) is 0 Å². The van der Waals surface area contributed by atoms with E-state index in [-0.39, 0.29) is 18.4 Å². The zero-order chi connectivity index (χ0) is 12.0. The topological polar surface area (TPSA) is 78.9 Å². The maximum atomic E-state index is 11.8. The van der Waals surface area contributed by atoms with Crippen LogP contribution in [-0.2, 0) is 14.3 Å². The van der Waals surface area contributed by atoms with E-state index in [0.717, 1.165) is 0 Å². The van der Waals surface area contributed by atoms with Gasteiger partial charge in [-0.3, -0.25) is 9.59 Å². The lowest BCUT2D eigenvalue weighted by Gasteiger charge is -2.34. The highest BCUT2D eigenvalue weighted by Gasteiger charge is 2.28. The van der Waals surface area contributed by atoms with Crippen LogP contribution in [0.4, 0.5) is 0 Å². The van der Waals surface area contributed by atoms with Crippen LogP contribution in [0.15, 0.2) is 0 Å². The van der Waals surface area contributed by atoms with Gasteiger partial charge >= 0.3 is 5.97 Å².